The minimum Gasteiger partial charge on any atom is -0.358 e. The molecule has 2 aromatic carbocycles. The standard InChI is InChI=1S/C19H16ClN3S2/c20-15-8-6-14(7-9-15)12-22-19(24)23-16-10-11-18(21-13-16)25-17-4-2-1-3-5-17/h1-11,13H,12H2,(H2,22,23,24). The first-order valence-corrected chi connectivity index (χ1v) is 9.27. The zero-order chi connectivity index (χ0) is 17.5. The largest absolute Gasteiger partial charge is 0.358 e. The first-order valence-electron chi connectivity index (χ1n) is 7.67. The van der Waals surface area contributed by atoms with Crippen LogP contribution in [0.2, 0.25) is 5.02 Å². The predicted octanol–water partition coefficient (Wildman–Crippen LogP) is 5.37. The van der Waals surface area contributed by atoms with Crippen molar-refractivity contribution in [3.8, 4) is 0 Å². The Morgan fingerprint density at radius 1 is 1.00 bits per heavy atom. The number of rotatable bonds is 5. The molecule has 0 aliphatic heterocycles. The quantitative estimate of drug-likeness (QED) is 0.577. The Kier molecular flexibility index (Phi) is 6.28. The normalized spacial score (nSPS) is 10.3. The number of aromatic nitrogens is 1. The van der Waals surface area contributed by atoms with E-state index in [1.165, 1.54) is 0 Å². The molecule has 0 amide bonds. The fourth-order valence-electron chi connectivity index (χ4n) is 2.08. The second-order valence-electron chi connectivity index (χ2n) is 5.23. The Hall–Kier alpha value is -2.08. The van der Waals surface area contributed by atoms with Crippen molar-refractivity contribution in [1.82, 2.24) is 10.3 Å². The van der Waals surface area contributed by atoms with Crippen LogP contribution in [0.4, 0.5) is 5.69 Å². The second-order valence-corrected chi connectivity index (χ2v) is 7.17. The summed E-state index contributed by atoms with van der Waals surface area (Å²) < 4.78 is 0. The predicted molar refractivity (Wildman–Crippen MR) is 109 cm³/mol. The third-order valence-corrected chi connectivity index (χ3v) is 4.78. The van der Waals surface area contributed by atoms with Crippen molar-refractivity contribution < 1.29 is 0 Å². The van der Waals surface area contributed by atoms with E-state index in [-0.39, 0.29) is 0 Å². The van der Waals surface area contributed by atoms with Crippen molar-refractivity contribution in [1.29, 1.82) is 0 Å². The zero-order valence-corrected chi connectivity index (χ0v) is 15.7. The molecule has 0 radical (unpaired) electrons. The van der Waals surface area contributed by atoms with E-state index in [9.17, 15) is 0 Å². The van der Waals surface area contributed by atoms with E-state index in [4.69, 9.17) is 23.8 Å². The molecular weight excluding hydrogens is 370 g/mol. The number of nitrogens with one attached hydrogen (secondary N) is 2. The molecule has 0 fully saturated rings. The van der Waals surface area contributed by atoms with E-state index in [1.54, 1.807) is 18.0 Å². The van der Waals surface area contributed by atoms with Crippen LogP contribution >= 0.6 is 35.6 Å². The van der Waals surface area contributed by atoms with Gasteiger partial charge in [-0.25, -0.2) is 4.98 Å². The summed E-state index contributed by atoms with van der Waals surface area (Å²) in [4.78, 5) is 5.62. The maximum atomic E-state index is 5.88. The number of benzene rings is 2. The molecule has 0 aliphatic rings. The molecule has 3 aromatic rings. The molecule has 1 aromatic heterocycles. The molecule has 0 spiro atoms. The first-order chi connectivity index (χ1) is 12.2. The van der Waals surface area contributed by atoms with E-state index in [0.717, 1.165) is 26.2 Å². The van der Waals surface area contributed by atoms with Crippen LogP contribution in [-0.2, 0) is 6.54 Å². The Morgan fingerprint density at radius 3 is 2.44 bits per heavy atom. The molecule has 2 N–H and O–H groups in total. The molecule has 6 heteroatoms. The van der Waals surface area contributed by atoms with Gasteiger partial charge in [-0.2, -0.15) is 0 Å². The summed E-state index contributed by atoms with van der Waals surface area (Å²) in [5, 5.41) is 8.53. The van der Waals surface area contributed by atoms with Crippen LogP contribution in [0.3, 0.4) is 0 Å². The van der Waals surface area contributed by atoms with Crippen molar-refractivity contribution in [2.24, 2.45) is 0 Å². The number of nitrogens with zero attached hydrogens (tertiary/aromatic N) is 1. The molecule has 0 bridgehead atoms. The third kappa shape index (κ3) is 5.74. The van der Waals surface area contributed by atoms with E-state index in [1.807, 2.05) is 54.6 Å². The highest BCUT2D eigenvalue weighted by Crippen LogP contribution is 2.25. The Morgan fingerprint density at radius 2 is 1.76 bits per heavy atom. The average molecular weight is 386 g/mol. The highest BCUT2D eigenvalue weighted by molar-refractivity contribution is 7.99. The summed E-state index contributed by atoms with van der Waals surface area (Å²) in [6.07, 6.45) is 1.78. The van der Waals surface area contributed by atoms with E-state index in [2.05, 4.69) is 27.8 Å². The van der Waals surface area contributed by atoms with Crippen LogP contribution in [-0.4, -0.2) is 10.1 Å². The molecule has 25 heavy (non-hydrogen) atoms. The van der Waals surface area contributed by atoms with Crippen LogP contribution in [0.1, 0.15) is 5.56 Å². The van der Waals surface area contributed by atoms with Gasteiger partial charge in [0.25, 0.3) is 0 Å². The third-order valence-electron chi connectivity index (χ3n) is 3.33. The Labute approximate surface area is 161 Å². The molecule has 1 heterocycles. The molecule has 3 nitrogen and oxygen atoms in total. The maximum Gasteiger partial charge on any atom is 0.171 e. The van der Waals surface area contributed by atoms with Crippen LogP contribution in [0.15, 0.2) is 82.8 Å². The van der Waals surface area contributed by atoms with Crippen LogP contribution in [0, 0.1) is 0 Å². The summed E-state index contributed by atoms with van der Waals surface area (Å²) >= 11 is 12.8. The minimum atomic E-state index is 0.556. The fourth-order valence-corrected chi connectivity index (χ4v) is 3.18. The second kappa shape index (κ2) is 8.85. The summed E-state index contributed by atoms with van der Waals surface area (Å²) in [7, 11) is 0. The number of halogens is 1. The highest BCUT2D eigenvalue weighted by atomic mass is 35.5. The van der Waals surface area contributed by atoms with Gasteiger partial charge in [-0.3, -0.25) is 0 Å². The lowest BCUT2D eigenvalue weighted by atomic mass is 10.2. The highest BCUT2D eigenvalue weighted by Gasteiger charge is 2.01. The van der Waals surface area contributed by atoms with Crippen molar-refractivity contribution in [3.63, 3.8) is 0 Å². The molecule has 0 unspecified atom stereocenters. The van der Waals surface area contributed by atoms with E-state index >= 15 is 0 Å². The van der Waals surface area contributed by atoms with Gasteiger partial charge >= 0.3 is 0 Å². The molecule has 0 saturated carbocycles. The fraction of sp³-hybridized carbons (Fsp3) is 0.0526. The molecule has 0 saturated heterocycles. The van der Waals surface area contributed by atoms with Crippen molar-refractivity contribution in [2.75, 3.05) is 5.32 Å². The molecule has 0 atom stereocenters. The van der Waals surface area contributed by atoms with Crippen LogP contribution in [0.5, 0.6) is 0 Å². The number of pyridine rings is 1. The van der Waals surface area contributed by atoms with Crippen LogP contribution in [0.25, 0.3) is 0 Å². The summed E-state index contributed by atoms with van der Waals surface area (Å²) in [6.45, 7) is 0.637. The van der Waals surface area contributed by atoms with Crippen LogP contribution < -0.4 is 10.6 Å². The van der Waals surface area contributed by atoms with Gasteiger partial charge in [-0.1, -0.05) is 53.7 Å². The van der Waals surface area contributed by atoms with E-state index in [0.29, 0.717) is 11.7 Å². The van der Waals surface area contributed by atoms with Gasteiger partial charge in [-0.15, -0.1) is 0 Å². The number of hydrogen-bond donors (Lipinski definition) is 2. The van der Waals surface area contributed by atoms with Crippen molar-refractivity contribution >= 4 is 46.4 Å². The summed E-state index contributed by atoms with van der Waals surface area (Å²) in [5.41, 5.74) is 1.97. The lowest BCUT2D eigenvalue weighted by molar-refractivity contribution is 0.925. The smallest absolute Gasteiger partial charge is 0.171 e. The van der Waals surface area contributed by atoms with Crippen molar-refractivity contribution in [2.45, 2.75) is 16.5 Å². The number of thiocarbonyl (C=S) groups is 1. The molecular formula is C19H16ClN3S2. The first kappa shape index (κ1) is 17.7. The topological polar surface area (TPSA) is 37.0 Å². The van der Waals surface area contributed by atoms with E-state index < -0.39 is 0 Å². The van der Waals surface area contributed by atoms with Gasteiger partial charge in [0.1, 0.15) is 5.03 Å². The summed E-state index contributed by atoms with van der Waals surface area (Å²) in [5.74, 6) is 0. The Balaban J connectivity index is 1.50. The van der Waals surface area contributed by atoms with Gasteiger partial charge in [0.15, 0.2) is 5.11 Å². The lowest BCUT2D eigenvalue weighted by Gasteiger charge is -2.11. The SMILES string of the molecule is S=C(NCc1ccc(Cl)cc1)Nc1ccc(Sc2ccccc2)nc1. The van der Waals surface area contributed by atoms with Gasteiger partial charge in [-0.05, 0) is 54.2 Å². The molecule has 126 valence electrons. The van der Waals surface area contributed by atoms with Gasteiger partial charge < -0.3 is 10.6 Å². The van der Waals surface area contributed by atoms with Gasteiger partial charge in [0.05, 0.1) is 11.9 Å². The number of hydrogen-bond acceptors (Lipinski definition) is 3. The lowest BCUT2D eigenvalue weighted by Crippen LogP contribution is -2.27. The molecule has 0 aliphatic carbocycles. The average Bonchev–Trinajstić information content (AvgIpc) is 2.64. The maximum absolute atomic E-state index is 5.88. The molecule has 3 rings (SSSR count). The van der Waals surface area contributed by atoms with Gasteiger partial charge in [0, 0.05) is 16.5 Å². The minimum absolute atomic E-state index is 0.556. The monoisotopic (exact) mass is 385 g/mol. The zero-order valence-electron chi connectivity index (χ0n) is 13.3. The van der Waals surface area contributed by atoms with Crippen molar-refractivity contribution in [3.05, 3.63) is 83.5 Å². The van der Waals surface area contributed by atoms with Gasteiger partial charge in [0.2, 0.25) is 0 Å². The number of anilines is 1. The summed E-state index contributed by atoms with van der Waals surface area (Å²) in [6, 6.07) is 21.8. The Bertz CT molecular complexity index is 822.